The molecular formula is C26H18N4O4. The molecule has 34 heavy (non-hydrogen) atoms. The van der Waals surface area contributed by atoms with Gasteiger partial charge in [-0.3, -0.25) is 19.6 Å². The van der Waals surface area contributed by atoms with Crippen molar-refractivity contribution in [1.82, 2.24) is 20.2 Å². The van der Waals surface area contributed by atoms with Gasteiger partial charge in [0, 0.05) is 34.3 Å². The first-order chi connectivity index (χ1) is 16.6. The van der Waals surface area contributed by atoms with Crippen LogP contribution < -0.4 is 9.47 Å². The van der Waals surface area contributed by atoms with E-state index in [0.717, 1.165) is 0 Å². The van der Waals surface area contributed by atoms with E-state index in [1.165, 1.54) is 12.1 Å². The number of benzene rings is 2. The van der Waals surface area contributed by atoms with Gasteiger partial charge in [-0.15, -0.1) is 10.2 Å². The Hall–Kier alpha value is -4.72. The number of rotatable bonds is 6. The van der Waals surface area contributed by atoms with Crippen LogP contribution in [0.3, 0.4) is 0 Å². The van der Waals surface area contributed by atoms with Crippen molar-refractivity contribution >= 4 is 33.4 Å². The summed E-state index contributed by atoms with van der Waals surface area (Å²) in [6, 6.07) is 16.9. The second kappa shape index (κ2) is 8.67. The smallest absolute Gasteiger partial charge is 0.213 e. The molecule has 0 aliphatic heterocycles. The molecule has 0 amide bonds. The third kappa shape index (κ3) is 3.71. The third-order valence-electron chi connectivity index (χ3n) is 5.52. The minimum Gasteiger partial charge on any atom is -0.497 e. The molecule has 0 unspecified atom stereocenters. The zero-order chi connectivity index (χ0) is 23.7. The number of pyridine rings is 2. The zero-order valence-electron chi connectivity index (χ0n) is 18.4. The fourth-order valence-electron chi connectivity index (χ4n) is 3.75. The molecule has 8 nitrogen and oxygen atoms in total. The monoisotopic (exact) mass is 450 g/mol. The number of fused-ring (bicyclic) bond motifs is 2. The number of ketones is 2. The molecule has 0 atom stereocenters. The van der Waals surface area contributed by atoms with Gasteiger partial charge in [0.15, 0.2) is 0 Å². The first kappa shape index (κ1) is 21.1. The second-order valence-corrected chi connectivity index (χ2v) is 7.45. The van der Waals surface area contributed by atoms with Crippen LogP contribution in [0.2, 0.25) is 0 Å². The van der Waals surface area contributed by atoms with E-state index in [2.05, 4.69) is 20.2 Å². The Morgan fingerprint density at radius 3 is 1.44 bits per heavy atom. The lowest BCUT2D eigenvalue weighted by atomic mass is 10.0. The van der Waals surface area contributed by atoms with Gasteiger partial charge in [-0.1, -0.05) is 0 Å². The van der Waals surface area contributed by atoms with E-state index in [-0.39, 0.29) is 23.0 Å². The van der Waals surface area contributed by atoms with Crippen LogP contribution in [0.5, 0.6) is 11.5 Å². The Bertz CT molecular complexity index is 1450. The van der Waals surface area contributed by atoms with Crippen molar-refractivity contribution < 1.29 is 19.1 Å². The lowest BCUT2D eigenvalue weighted by molar-refractivity contribution is 0.102. The van der Waals surface area contributed by atoms with E-state index >= 15 is 0 Å². The average molecular weight is 450 g/mol. The summed E-state index contributed by atoms with van der Waals surface area (Å²) in [4.78, 5) is 35.0. The van der Waals surface area contributed by atoms with Crippen LogP contribution in [0.25, 0.3) is 21.8 Å². The van der Waals surface area contributed by atoms with Crippen molar-refractivity contribution in [3.8, 4) is 11.5 Å². The SMILES string of the molecule is COc1ccc2nccc(C(=O)c3ccc(C(=O)c4ccnc5ccc(OC)cc45)nn3)c2c1. The molecule has 0 spiro atoms. The molecule has 3 heterocycles. The van der Waals surface area contributed by atoms with Gasteiger partial charge in [0.1, 0.15) is 22.9 Å². The molecule has 0 saturated heterocycles. The van der Waals surface area contributed by atoms with Crippen molar-refractivity contribution in [2.24, 2.45) is 0 Å². The normalized spacial score (nSPS) is 10.9. The van der Waals surface area contributed by atoms with Gasteiger partial charge in [0.25, 0.3) is 0 Å². The van der Waals surface area contributed by atoms with Crippen molar-refractivity contribution in [2.75, 3.05) is 14.2 Å². The van der Waals surface area contributed by atoms with E-state index in [4.69, 9.17) is 9.47 Å². The van der Waals surface area contributed by atoms with E-state index in [0.29, 0.717) is 44.4 Å². The Kier molecular flexibility index (Phi) is 5.39. The van der Waals surface area contributed by atoms with Crippen molar-refractivity contribution in [3.05, 3.63) is 95.6 Å². The highest BCUT2D eigenvalue weighted by molar-refractivity contribution is 6.16. The highest BCUT2D eigenvalue weighted by Crippen LogP contribution is 2.25. The number of aromatic nitrogens is 4. The van der Waals surface area contributed by atoms with Crippen LogP contribution in [-0.2, 0) is 0 Å². The van der Waals surface area contributed by atoms with Gasteiger partial charge in [-0.25, -0.2) is 0 Å². The quantitative estimate of drug-likeness (QED) is 0.357. The van der Waals surface area contributed by atoms with Gasteiger partial charge in [-0.2, -0.15) is 0 Å². The summed E-state index contributed by atoms with van der Waals surface area (Å²) in [6.07, 6.45) is 3.13. The fourth-order valence-corrected chi connectivity index (χ4v) is 3.75. The molecule has 2 aromatic carbocycles. The third-order valence-corrected chi connectivity index (χ3v) is 5.52. The zero-order valence-corrected chi connectivity index (χ0v) is 18.4. The van der Waals surface area contributed by atoms with Gasteiger partial charge >= 0.3 is 0 Å². The largest absolute Gasteiger partial charge is 0.497 e. The topological polar surface area (TPSA) is 104 Å². The summed E-state index contributed by atoms with van der Waals surface area (Å²) in [5.74, 6) is 0.572. The standard InChI is InChI=1S/C26H18N4O4/c1-33-15-3-5-21-19(13-15)17(9-11-27-21)25(31)23-7-8-24(30-29-23)26(32)18-10-12-28-22-6-4-16(34-2)14-20(18)22/h3-14H,1-2H3. The minimum atomic E-state index is -0.328. The van der Waals surface area contributed by atoms with Crippen LogP contribution in [0.15, 0.2) is 73.1 Å². The van der Waals surface area contributed by atoms with Crippen LogP contribution in [-0.4, -0.2) is 46.0 Å². The molecule has 8 heteroatoms. The van der Waals surface area contributed by atoms with Gasteiger partial charge in [0.05, 0.1) is 25.3 Å². The molecule has 0 aliphatic rings. The van der Waals surface area contributed by atoms with Crippen molar-refractivity contribution in [1.29, 1.82) is 0 Å². The number of carbonyl (C=O) groups excluding carboxylic acids is 2. The number of carbonyl (C=O) groups is 2. The maximum absolute atomic E-state index is 13.2. The van der Waals surface area contributed by atoms with Crippen LogP contribution in [0, 0.1) is 0 Å². The molecule has 0 radical (unpaired) electrons. The molecular weight excluding hydrogens is 432 g/mol. The van der Waals surface area contributed by atoms with E-state index < -0.39 is 0 Å². The van der Waals surface area contributed by atoms with E-state index in [1.54, 1.807) is 75.1 Å². The lowest BCUT2D eigenvalue weighted by Crippen LogP contribution is -2.11. The molecule has 0 fully saturated rings. The number of nitrogens with zero attached hydrogens (tertiary/aromatic N) is 4. The Balaban J connectivity index is 1.49. The molecule has 3 aromatic heterocycles. The highest BCUT2D eigenvalue weighted by atomic mass is 16.5. The first-order valence-electron chi connectivity index (χ1n) is 10.4. The maximum Gasteiger partial charge on any atom is 0.213 e. The summed E-state index contributed by atoms with van der Waals surface area (Å²) >= 11 is 0. The van der Waals surface area contributed by atoms with Crippen LogP contribution >= 0.6 is 0 Å². The number of ether oxygens (including phenoxy) is 2. The maximum atomic E-state index is 13.2. The lowest BCUT2D eigenvalue weighted by Gasteiger charge is -2.08. The molecule has 0 aliphatic carbocycles. The molecule has 5 rings (SSSR count). The molecule has 5 aromatic rings. The first-order valence-corrected chi connectivity index (χ1v) is 10.4. The fraction of sp³-hybridized carbons (Fsp3) is 0.0769. The summed E-state index contributed by atoms with van der Waals surface area (Å²) in [7, 11) is 3.12. The van der Waals surface area contributed by atoms with Gasteiger partial charge in [0.2, 0.25) is 11.6 Å². The number of hydrogen-bond donors (Lipinski definition) is 0. The van der Waals surface area contributed by atoms with Gasteiger partial charge in [-0.05, 0) is 60.7 Å². The van der Waals surface area contributed by atoms with Crippen molar-refractivity contribution in [2.45, 2.75) is 0 Å². The Morgan fingerprint density at radius 2 is 1.06 bits per heavy atom. The summed E-state index contributed by atoms with van der Waals surface area (Å²) in [5.41, 5.74) is 2.40. The molecule has 0 saturated carbocycles. The number of hydrogen-bond acceptors (Lipinski definition) is 8. The Morgan fingerprint density at radius 1 is 0.618 bits per heavy atom. The number of methoxy groups -OCH3 is 2. The van der Waals surface area contributed by atoms with E-state index in [9.17, 15) is 9.59 Å². The summed E-state index contributed by atoms with van der Waals surface area (Å²) in [5, 5.41) is 9.39. The molecule has 0 bridgehead atoms. The van der Waals surface area contributed by atoms with Crippen molar-refractivity contribution in [3.63, 3.8) is 0 Å². The summed E-state index contributed by atoms with van der Waals surface area (Å²) in [6.45, 7) is 0. The summed E-state index contributed by atoms with van der Waals surface area (Å²) < 4.78 is 10.6. The Labute approximate surface area is 194 Å². The minimum absolute atomic E-state index is 0.119. The van der Waals surface area contributed by atoms with Crippen LogP contribution in [0.4, 0.5) is 0 Å². The predicted octanol–water partition coefficient (Wildman–Crippen LogP) is 4.05. The average Bonchev–Trinajstić information content (AvgIpc) is 2.91. The molecule has 0 N–H and O–H groups in total. The highest BCUT2D eigenvalue weighted by Gasteiger charge is 2.19. The second-order valence-electron chi connectivity index (χ2n) is 7.45. The van der Waals surface area contributed by atoms with Gasteiger partial charge < -0.3 is 9.47 Å². The van der Waals surface area contributed by atoms with E-state index in [1.807, 2.05) is 0 Å². The molecule has 166 valence electrons. The van der Waals surface area contributed by atoms with Crippen LogP contribution in [0.1, 0.15) is 32.1 Å². The predicted molar refractivity (Wildman–Crippen MR) is 125 cm³/mol.